The first kappa shape index (κ1) is 11.0. The van der Waals surface area contributed by atoms with Crippen molar-refractivity contribution in [1.82, 2.24) is 9.78 Å². The van der Waals surface area contributed by atoms with Crippen molar-refractivity contribution >= 4 is 17.2 Å². The average Bonchev–Trinajstić information content (AvgIpc) is 2.85. The maximum atomic E-state index is 5.96. The van der Waals surface area contributed by atoms with Gasteiger partial charge < -0.3 is 10.5 Å². The van der Waals surface area contributed by atoms with Crippen molar-refractivity contribution < 1.29 is 4.74 Å². The fraction of sp³-hybridized carbons (Fsp3) is 0.364. The third-order valence-corrected chi connectivity index (χ3v) is 3.51. The first-order chi connectivity index (χ1) is 7.67. The van der Waals surface area contributed by atoms with Gasteiger partial charge in [0.15, 0.2) is 0 Å². The molecule has 0 saturated heterocycles. The molecule has 0 fully saturated rings. The van der Waals surface area contributed by atoms with Crippen LogP contribution in [-0.4, -0.2) is 16.9 Å². The fourth-order valence-corrected chi connectivity index (χ4v) is 2.54. The molecule has 2 aromatic heterocycles. The van der Waals surface area contributed by atoms with E-state index in [2.05, 4.69) is 12.0 Å². The van der Waals surface area contributed by atoms with Crippen molar-refractivity contribution in [2.24, 2.45) is 7.05 Å². The van der Waals surface area contributed by atoms with Crippen LogP contribution in [0.4, 0.5) is 5.82 Å². The Balaban J connectivity index is 2.50. The summed E-state index contributed by atoms with van der Waals surface area (Å²) in [5, 5.41) is 6.42. The predicted molar refractivity (Wildman–Crippen MR) is 66.9 cm³/mol. The van der Waals surface area contributed by atoms with Crippen LogP contribution in [0.2, 0.25) is 0 Å². The van der Waals surface area contributed by atoms with Crippen LogP contribution in [0, 0.1) is 0 Å². The highest BCUT2D eigenvalue weighted by molar-refractivity contribution is 7.13. The summed E-state index contributed by atoms with van der Waals surface area (Å²) in [6.45, 7) is 2.09. The zero-order chi connectivity index (χ0) is 11.7. The van der Waals surface area contributed by atoms with Gasteiger partial charge in [-0.25, -0.2) is 0 Å². The van der Waals surface area contributed by atoms with Crippen molar-refractivity contribution in [3.63, 3.8) is 0 Å². The van der Waals surface area contributed by atoms with E-state index in [1.807, 2.05) is 18.5 Å². The molecule has 0 radical (unpaired) electrons. The molecule has 2 rings (SSSR count). The van der Waals surface area contributed by atoms with E-state index in [1.54, 1.807) is 23.1 Å². The van der Waals surface area contributed by atoms with Gasteiger partial charge in [0, 0.05) is 24.1 Å². The summed E-state index contributed by atoms with van der Waals surface area (Å²) in [5.74, 6) is 1.61. The molecule has 2 heterocycles. The standard InChI is InChI=1S/C11H15N3OS/c1-4-8-10(13-14(2)11(8)12)9-5-7(15-3)6-16-9/h5-6H,4,12H2,1-3H3. The molecule has 16 heavy (non-hydrogen) atoms. The van der Waals surface area contributed by atoms with E-state index in [9.17, 15) is 0 Å². The van der Waals surface area contributed by atoms with Gasteiger partial charge in [-0.2, -0.15) is 5.10 Å². The lowest BCUT2D eigenvalue weighted by Crippen LogP contribution is -1.98. The van der Waals surface area contributed by atoms with E-state index in [4.69, 9.17) is 10.5 Å². The summed E-state index contributed by atoms with van der Waals surface area (Å²) in [7, 11) is 3.53. The molecule has 86 valence electrons. The number of nitrogens with zero attached hydrogens (tertiary/aromatic N) is 2. The Morgan fingerprint density at radius 2 is 2.31 bits per heavy atom. The van der Waals surface area contributed by atoms with E-state index in [-0.39, 0.29) is 0 Å². The number of hydrogen-bond acceptors (Lipinski definition) is 4. The number of ether oxygens (including phenoxy) is 1. The molecule has 0 amide bonds. The smallest absolute Gasteiger partial charge is 0.130 e. The highest BCUT2D eigenvalue weighted by atomic mass is 32.1. The molecule has 2 aromatic rings. The van der Waals surface area contributed by atoms with Crippen LogP contribution >= 0.6 is 11.3 Å². The third kappa shape index (κ3) is 1.67. The van der Waals surface area contributed by atoms with Crippen LogP contribution in [0.3, 0.4) is 0 Å². The van der Waals surface area contributed by atoms with Gasteiger partial charge in [-0.05, 0) is 6.42 Å². The number of nitrogen functional groups attached to an aromatic ring is 1. The molecule has 0 aromatic carbocycles. The highest BCUT2D eigenvalue weighted by Gasteiger charge is 2.15. The molecule has 4 nitrogen and oxygen atoms in total. The van der Waals surface area contributed by atoms with Crippen LogP contribution in [0.25, 0.3) is 10.6 Å². The van der Waals surface area contributed by atoms with Gasteiger partial charge >= 0.3 is 0 Å². The maximum Gasteiger partial charge on any atom is 0.130 e. The number of rotatable bonds is 3. The minimum atomic E-state index is 0.741. The highest BCUT2D eigenvalue weighted by Crippen LogP contribution is 2.34. The Morgan fingerprint density at radius 3 is 2.88 bits per heavy atom. The Hall–Kier alpha value is -1.49. The number of aryl methyl sites for hydroxylation is 1. The average molecular weight is 237 g/mol. The molecule has 5 heteroatoms. The summed E-state index contributed by atoms with van der Waals surface area (Å²) in [6, 6.07) is 1.99. The van der Waals surface area contributed by atoms with Gasteiger partial charge in [0.25, 0.3) is 0 Å². The fourth-order valence-electron chi connectivity index (χ4n) is 1.68. The van der Waals surface area contributed by atoms with E-state index < -0.39 is 0 Å². The summed E-state index contributed by atoms with van der Waals surface area (Å²) in [4.78, 5) is 1.10. The first-order valence-corrected chi connectivity index (χ1v) is 5.99. The third-order valence-electron chi connectivity index (χ3n) is 2.59. The second-order valence-electron chi connectivity index (χ2n) is 3.54. The molecule has 0 bridgehead atoms. The quantitative estimate of drug-likeness (QED) is 0.891. The summed E-state index contributed by atoms with van der Waals surface area (Å²) in [6.07, 6.45) is 0.884. The Kier molecular flexibility index (Phi) is 2.87. The van der Waals surface area contributed by atoms with Crippen molar-refractivity contribution in [1.29, 1.82) is 0 Å². The van der Waals surface area contributed by atoms with E-state index in [0.717, 1.165) is 34.1 Å². The Labute approximate surface area is 98.6 Å². The number of hydrogen-bond donors (Lipinski definition) is 1. The van der Waals surface area contributed by atoms with Crippen LogP contribution < -0.4 is 10.5 Å². The molecule has 0 spiro atoms. The second kappa shape index (κ2) is 4.17. The molecule has 0 atom stereocenters. The van der Waals surface area contributed by atoms with Crippen molar-refractivity contribution in [2.45, 2.75) is 13.3 Å². The van der Waals surface area contributed by atoms with Crippen molar-refractivity contribution in [2.75, 3.05) is 12.8 Å². The predicted octanol–water partition coefficient (Wildman–Crippen LogP) is 2.30. The van der Waals surface area contributed by atoms with Crippen LogP contribution in [-0.2, 0) is 13.5 Å². The lowest BCUT2D eigenvalue weighted by Gasteiger charge is -1.97. The topological polar surface area (TPSA) is 53.1 Å². The number of anilines is 1. The number of methoxy groups -OCH3 is 1. The normalized spacial score (nSPS) is 10.7. The minimum Gasteiger partial charge on any atom is -0.496 e. The van der Waals surface area contributed by atoms with Gasteiger partial charge in [0.2, 0.25) is 0 Å². The van der Waals surface area contributed by atoms with Crippen molar-refractivity contribution in [3.8, 4) is 16.3 Å². The number of nitrogens with two attached hydrogens (primary N) is 1. The Bertz CT molecular complexity index is 501. The van der Waals surface area contributed by atoms with Crippen LogP contribution in [0.15, 0.2) is 11.4 Å². The molecule has 0 aliphatic carbocycles. The van der Waals surface area contributed by atoms with E-state index >= 15 is 0 Å². The largest absolute Gasteiger partial charge is 0.496 e. The number of aromatic nitrogens is 2. The monoisotopic (exact) mass is 237 g/mol. The molecule has 2 N–H and O–H groups in total. The summed E-state index contributed by atoms with van der Waals surface area (Å²) in [5.41, 5.74) is 8.04. The second-order valence-corrected chi connectivity index (χ2v) is 4.45. The zero-order valence-electron chi connectivity index (χ0n) is 9.65. The van der Waals surface area contributed by atoms with Gasteiger partial charge in [0.1, 0.15) is 17.3 Å². The van der Waals surface area contributed by atoms with E-state index in [0.29, 0.717) is 0 Å². The lowest BCUT2D eigenvalue weighted by molar-refractivity contribution is 0.417. The number of thiophene rings is 1. The summed E-state index contributed by atoms with van der Waals surface area (Å²) >= 11 is 1.62. The van der Waals surface area contributed by atoms with Gasteiger partial charge in [0.05, 0.1) is 12.0 Å². The lowest BCUT2D eigenvalue weighted by atomic mass is 10.1. The molecular weight excluding hydrogens is 222 g/mol. The first-order valence-electron chi connectivity index (χ1n) is 5.11. The summed E-state index contributed by atoms with van der Waals surface area (Å²) < 4.78 is 6.89. The molecule has 0 aliphatic heterocycles. The van der Waals surface area contributed by atoms with Gasteiger partial charge in [-0.1, -0.05) is 6.92 Å². The van der Waals surface area contributed by atoms with E-state index in [1.165, 1.54) is 0 Å². The Morgan fingerprint density at radius 1 is 1.56 bits per heavy atom. The molecule has 0 unspecified atom stereocenters. The molecular formula is C11H15N3OS. The van der Waals surface area contributed by atoms with Crippen molar-refractivity contribution in [3.05, 3.63) is 17.0 Å². The van der Waals surface area contributed by atoms with Crippen LogP contribution in [0.1, 0.15) is 12.5 Å². The minimum absolute atomic E-state index is 0.741. The van der Waals surface area contributed by atoms with Gasteiger partial charge in [-0.15, -0.1) is 11.3 Å². The molecule has 0 aliphatic rings. The van der Waals surface area contributed by atoms with Gasteiger partial charge in [-0.3, -0.25) is 4.68 Å². The SMILES string of the molecule is CCc1c(-c2cc(OC)cs2)nn(C)c1N. The zero-order valence-corrected chi connectivity index (χ0v) is 10.5. The maximum absolute atomic E-state index is 5.96. The van der Waals surface area contributed by atoms with Crippen LogP contribution in [0.5, 0.6) is 5.75 Å². The molecule has 0 saturated carbocycles.